The Bertz CT molecular complexity index is 1220. The molecule has 5 amide bonds. The number of hydrogen-bond donors (Lipinski definition) is 3. The molecule has 8 nitrogen and oxygen atoms in total. The number of amides is 5. The molecule has 1 aliphatic heterocycles. The quantitative estimate of drug-likeness (QED) is 0.553. The molecule has 3 aromatic carbocycles. The summed E-state index contributed by atoms with van der Waals surface area (Å²) in [4.78, 5) is 50.0. The number of fused-ring (bicyclic) bond motifs is 1. The normalized spacial score (nSPS) is 18.2. The molecule has 0 aliphatic carbocycles. The second-order valence-electron chi connectivity index (χ2n) is 7.50. The highest BCUT2D eigenvalue weighted by molar-refractivity contribution is 6.10. The Morgan fingerprint density at radius 3 is 2.35 bits per heavy atom. The van der Waals surface area contributed by atoms with E-state index in [0.717, 1.165) is 15.7 Å². The Morgan fingerprint density at radius 1 is 1.00 bits per heavy atom. The molecule has 0 saturated carbocycles. The largest absolute Gasteiger partial charge is 0.366 e. The third kappa shape index (κ3) is 3.71. The van der Waals surface area contributed by atoms with Crippen LogP contribution < -0.4 is 16.4 Å². The molecule has 0 radical (unpaired) electrons. The highest BCUT2D eigenvalue weighted by atomic mass is 16.2. The van der Waals surface area contributed by atoms with Crippen LogP contribution in [0.4, 0.5) is 10.5 Å². The van der Waals surface area contributed by atoms with Crippen LogP contribution in [0.15, 0.2) is 66.7 Å². The molecule has 4 rings (SSSR count). The number of rotatable bonds is 5. The lowest BCUT2D eigenvalue weighted by Gasteiger charge is -2.22. The van der Waals surface area contributed by atoms with Gasteiger partial charge in [-0.2, -0.15) is 0 Å². The van der Waals surface area contributed by atoms with E-state index in [1.165, 1.54) is 24.3 Å². The first kappa shape index (κ1) is 20.1. The molecule has 1 fully saturated rings. The predicted molar refractivity (Wildman–Crippen MR) is 115 cm³/mol. The Balaban J connectivity index is 1.50. The summed E-state index contributed by atoms with van der Waals surface area (Å²) in [7, 11) is 0. The number of primary amides is 1. The van der Waals surface area contributed by atoms with E-state index in [1.54, 1.807) is 13.0 Å². The van der Waals surface area contributed by atoms with Gasteiger partial charge >= 0.3 is 6.03 Å². The van der Waals surface area contributed by atoms with E-state index in [-0.39, 0.29) is 0 Å². The van der Waals surface area contributed by atoms with Crippen LogP contribution in [0.2, 0.25) is 0 Å². The van der Waals surface area contributed by atoms with Crippen molar-refractivity contribution in [2.75, 3.05) is 11.9 Å². The molecule has 1 unspecified atom stereocenters. The summed E-state index contributed by atoms with van der Waals surface area (Å²) in [6, 6.07) is 18.6. The van der Waals surface area contributed by atoms with Crippen molar-refractivity contribution in [1.82, 2.24) is 10.2 Å². The number of urea groups is 1. The molecule has 1 heterocycles. The summed E-state index contributed by atoms with van der Waals surface area (Å²) in [6.45, 7) is 1.18. The summed E-state index contributed by atoms with van der Waals surface area (Å²) in [5.41, 5.74) is 5.27. The molecule has 3 aromatic rings. The zero-order valence-corrected chi connectivity index (χ0v) is 16.7. The number of nitrogens with one attached hydrogen (secondary N) is 2. The Hall–Kier alpha value is -4.20. The molecule has 8 heteroatoms. The predicted octanol–water partition coefficient (Wildman–Crippen LogP) is 2.34. The third-order valence-corrected chi connectivity index (χ3v) is 5.36. The summed E-state index contributed by atoms with van der Waals surface area (Å²) < 4.78 is 0. The Morgan fingerprint density at radius 2 is 1.68 bits per heavy atom. The summed E-state index contributed by atoms with van der Waals surface area (Å²) in [5, 5.41) is 7.27. The number of imide groups is 1. The number of carbonyl (C=O) groups is 4. The second kappa shape index (κ2) is 7.56. The van der Waals surface area contributed by atoms with Gasteiger partial charge in [-0.3, -0.25) is 19.3 Å². The second-order valence-corrected chi connectivity index (χ2v) is 7.50. The van der Waals surface area contributed by atoms with Gasteiger partial charge in [0, 0.05) is 11.3 Å². The van der Waals surface area contributed by atoms with Crippen LogP contribution in [0.5, 0.6) is 0 Å². The first-order valence-corrected chi connectivity index (χ1v) is 9.61. The molecule has 0 bridgehead atoms. The number of nitrogens with two attached hydrogens (primary N) is 1. The van der Waals surface area contributed by atoms with Crippen molar-refractivity contribution in [3.8, 4) is 0 Å². The van der Waals surface area contributed by atoms with Crippen molar-refractivity contribution in [3.05, 3.63) is 77.9 Å². The van der Waals surface area contributed by atoms with Gasteiger partial charge in [0.15, 0.2) is 0 Å². The Kier molecular flexibility index (Phi) is 4.90. The standard InChI is InChI=1S/C23H20N4O4/c1-23(17-9-6-14-4-2-3-5-16(14)12-17)21(30)27(22(31)26-23)13-19(28)25-18-10-7-15(8-11-18)20(24)29/h2-12H,13H2,1H3,(H2,24,29)(H,25,28)(H,26,31). The van der Waals surface area contributed by atoms with E-state index in [0.29, 0.717) is 16.8 Å². The topological polar surface area (TPSA) is 122 Å². The van der Waals surface area contributed by atoms with E-state index in [2.05, 4.69) is 10.6 Å². The maximum atomic E-state index is 13.1. The van der Waals surface area contributed by atoms with Crippen LogP contribution in [-0.4, -0.2) is 35.2 Å². The van der Waals surface area contributed by atoms with Crippen molar-refractivity contribution in [2.45, 2.75) is 12.5 Å². The van der Waals surface area contributed by atoms with E-state index in [1.807, 2.05) is 36.4 Å². The minimum atomic E-state index is -1.27. The number of anilines is 1. The molecular formula is C23H20N4O4. The first-order chi connectivity index (χ1) is 14.8. The van der Waals surface area contributed by atoms with Crippen LogP contribution >= 0.6 is 0 Å². The minimum absolute atomic E-state index is 0.304. The zero-order valence-electron chi connectivity index (χ0n) is 16.7. The molecule has 0 spiro atoms. The van der Waals surface area contributed by atoms with Gasteiger partial charge in [0.2, 0.25) is 11.8 Å². The van der Waals surface area contributed by atoms with Gasteiger partial charge in [0.05, 0.1) is 0 Å². The van der Waals surface area contributed by atoms with Crippen LogP contribution in [0.1, 0.15) is 22.8 Å². The minimum Gasteiger partial charge on any atom is -0.366 e. The third-order valence-electron chi connectivity index (χ3n) is 5.36. The molecular weight excluding hydrogens is 396 g/mol. The van der Waals surface area contributed by atoms with Gasteiger partial charge in [-0.15, -0.1) is 0 Å². The molecule has 31 heavy (non-hydrogen) atoms. The highest BCUT2D eigenvalue weighted by Crippen LogP contribution is 2.31. The average molecular weight is 416 g/mol. The van der Waals surface area contributed by atoms with Crippen molar-refractivity contribution >= 4 is 40.2 Å². The zero-order chi connectivity index (χ0) is 22.2. The van der Waals surface area contributed by atoms with Crippen LogP contribution in [0.25, 0.3) is 10.8 Å². The molecule has 1 atom stereocenters. The molecule has 1 saturated heterocycles. The van der Waals surface area contributed by atoms with E-state index in [4.69, 9.17) is 5.73 Å². The SMILES string of the molecule is CC1(c2ccc3ccccc3c2)NC(=O)N(CC(=O)Nc2ccc(C(N)=O)cc2)C1=O. The molecule has 4 N–H and O–H groups in total. The maximum absolute atomic E-state index is 13.1. The number of hydrogen-bond acceptors (Lipinski definition) is 4. The van der Waals surface area contributed by atoms with Gasteiger partial charge in [0.25, 0.3) is 5.91 Å². The maximum Gasteiger partial charge on any atom is 0.325 e. The van der Waals surface area contributed by atoms with Crippen molar-refractivity contribution in [1.29, 1.82) is 0 Å². The summed E-state index contributed by atoms with van der Waals surface area (Å²) >= 11 is 0. The number of carbonyl (C=O) groups excluding carboxylic acids is 4. The van der Waals surface area contributed by atoms with Crippen molar-refractivity contribution in [2.24, 2.45) is 5.73 Å². The summed E-state index contributed by atoms with van der Waals surface area (Å²) in [5.74, 6) is -1.63. The molecule has 156 valence electrons. The van der Waals surface area contributed by atoms with Crippen LogP contribution in [0, 0.1) is 0 Å². The van der Waals surface area contributed by atoms with E-state index in [9.17, 15) is 19.2 Å². The fraction of sp³-hybridized carbons (Fsp3) is 0.130. The Labute approximate surface area is 178 Å². The number of nitrogens with zero attached hydrogens (tertiary/aromatic N) is 1. The van der Waals surface area contributed by atoms with E-state index >= 15 is 0 Å². The van der Waals surface area contributed by atoms with Crippen LogP contribution in [-0.2, 0) is 15.1 Å². The van der Waals surface area contributed by atoms with Gasteiger partial charge in [-0.05, 0) is 53.6 Å². The van der Waals surface area contributed by atoms with Gasteiger partial charge in [-0.25, -0.2) is 4.79 Å². The lowest BCUT2D eigenvalue weighted by atomic mass is 9.90. The summed E-state index contributed by atoms with van der Waals surface area (Å²) in [6.07, 6.45) is 0. The van der Waals surface area contributed by atoms with Gasteiger partial charge < -0.3 is 16.4 Å². The fourth-order valence-electron chi connectivity index (χ4n) is 3.60. The molecule has 0 aromatic heterocycles. The average Bonchev–Trinajstić information content (AvgIpc) is 2.97. The van der Waals surface area contributed by atoms with E-state index < -0.39 is 35.8 Å². The smallest absolute Gasteiger partial charge is 0.325 e. The monoisotopic (exact) mass is 416 g/mol. The lowest BCUT2D eigenvalue weighted by molar-refractivity contribution is -0.133. The molecule has 1 aliphatic rings. The fourth-order valence-corrected chi connectivity index (χ4v) is 3.60. The van der Waals surface area contributed by atoms with Crippen LogP contribution in [0.3, 0.4) is 0 Å². The van der Waals surface area contributed by atoms with Crippen molar-refractivity contribution in [3.63, 3.8) is 0 Å². The van der Waals surface area contributed by atoms with Gasteiger partial charge in [-0.1, -0.05) is 36.4 Å². The number of benzene rings is 3. The lowest BCUT2D eigenvalue weighted by Crippen LogP contribution is -2.42. The first-order valence-electron chi connectivity index (χ1n) is 9.61. The van der Waals surface area contributed by atoms with Crippen molar-refractivity contribution < 1.29 is 19.2 Å². The van der Waals surface area contributed by atoms with Gasteiger partial charge in [0.1, 0.15) is 12.1 Å². The highest BCUT2D eigenvalue weighted by Gasteiger charge is 2.49.